The van der Waals surface area contributed by atoms with Crippen LogP contribution >= 0.6 is 11.6 Å². The van der Waals surface area contributed by atoms with Crippen LogP contribution in [0.5, 0.6) is 5.75 Å². The van der Waals surface area contributed by atoms with E-state index in [1.54, 1.807) is 6.07 Å². The molecule has 1 heterocycles. The third-order valence-corrected chi connectivity index (χ3v) is 7.62. The zero-order valence-electron chi connectivity index (χ0n) is 18.9. The number of hydrogen-bond acceptors (Lipinski definition) is 3. The van der Waals surface area contributed by atoms with Crippen molar-refractivity contribution in [2.75, 3.05) is 5.32 Å². The number of anilines is 1. The fourth-order valence-electron chi connectivity index (χ4n) is 5.64. The molecule has 0 saturated carbocycles. The number of hydrogen-bond donors (Lipinski definition) is 2. The Hall–Kier alpha value is -3.76. The molecule has 0 spiro atoms. The SMILES string of the molecule is O=C(O)c1cccc2c1N[C@H](c1ccc(OCc3ccccc3Cl)cc1)[C@H]1Cc3ccccc3[C@H]21. The standard InChI is InChI=1S/C30H24ClNO3/c31-26-11-4-2-7-20(26)17-35-21-14-12-18(13-15-21)28-25-16-19-6-1-3-8-22(19)27(25)23-9-5-10-24(30(33)34)29(23)32-28/h1-15,25,27-28,32H,16-17H2,(H,33,34)/t25-,27+,28+/m0/s1. The highest BCUT2D eigenvalue weighted by molar-refractivity contribution is 6.31. The Balaban J connectivity index is 1.33. The minimum Gasteiger partial charge on any atom is -0.489 e. The topological polar surface area (TPSA) is 58.6 Å². The van der Waals surface area contributed by atoms with E-state index in [2.05, 4.69) is 47.8 Å². The molecule has 4 nitrogen and oxygen atoms in total. The van der Waals surface area contributed by atoms with Gasteiger partial charge in [0.15, 0.2) is 0 Å². The van der Waals surface area contributed by atoms with E-state index < -0.39 is 5.97 Å². The number of nitrogens with one attached hydrogen (secondary N) is 1. The summed E-state index contributed by atoms with van der Waals surface area (Å²) in [6.07, 6.45) is 0.944. The minimum absolute atomic E-state index is 0.0157. The lowest BCUT2D eigenvalue weighted by Crippen LogP contribution is -2.31. The Kier molecular flexibility index (Phi) is 5.46. The van der Waals surface area contributed by atoms with Gasteiger partial charge >= 0.3 is 5.97 Å². The van der Waals surface area contributed by atoms with Crippen LogP contribution in [0.1, 0.15) is 50.1 Å². The molecule has 0 radical (unpaired) electrons. The van der Waals surface area contributed by atoms with E-state index >= 15 is 0 Å². The summed E-state index contributed by atoms with van der Waals surface area (Å²) in [7, 11) is 0. The number of carboxylic acid groups (broad SMARTS) is 1. The zero-order valence-corrected chi connectivity index (χ0v) is 19.7. The average Bonchev–Trinajstić information content (AvgIpc) is 3.28. The Labute approximate surface area is 209 Å². The lowest BCUT2D eigenvalue weighted by molar-refractivity contribution is 0.0697. The van der Waals surface area contributed by atoms with Gasteiger partial charge in [-0.15, -0.1) is 0 Å². The fourth-order valence-corrected chi connectivity index (χ4v) is 5.83. The minimum atomic E-state index is -0.916. The number of carbonyl (C=O) groups is 1. The molecule has 4 aromatic rings. The zero-order chi connectivity index (χ0) is 23.9. The second kappa shape index (κ2) is 8.79. The van der Waals surface area contributed by atoms with E-state index in [0.29, 0.717) is 23.1 Å². The van der Waals surface area contributed by atoms with Crippen molar-refractivity contribution in [1.29, 1.82) is 0 Å². The maximum absolute atomic E-state index is 12.0. The van der Waals surface area contributed by atoms with Crippen molar-refractivity contribution < 1.29 is 14.6 Å². The van der Waals surface area contributed by atoms with Gasteiger partial charge in [-0.05, 0) is 58.9 Å². The number of ether oxygens (including phenoxy) is 1. The molecule has 1 aliphatic heterocycles. The summed E-state index contributed by atoms with van der Waals surface area (Å²) in [4.78, 5) is 12.0. The van der Waals surface area contributed by atoms with Gasteiger partial charge in [0.1, 0.15) is 12.4 Å². The van der Waals surface area contributed by atoms with Gasteiger partial charge in [0.25, 0.3) is 0 Å². The van der Waals surface area contributed by atoms with E-state index in [1.807, 2.05) is 42.5 Å². The van der Waals surface area contributed by atoms with Gasteiger partial charge in [-0.1, -0.05) is 78.3 Å². The Morgan fingerprint density at radius 1 is 0.914 bits per heavy atom. The van der Waals surface area contributed by atoms with Crippen LogP contribution in [-0.2, 0) is 13.0 Å². The van der Waals surface area contributed by atoms with Crippen LogP contribution in [0.3, 0.4) is 0 Å². The maximum Gasteiger partial charge on any atom is 0.337 e. The maximum atomic E-state index is 12.0. The molecule has 35 heavy (non-hydrogen) atoms. The Morgan fingerprint density at radius 2 is 1.66 bits per heavy atom. The van der Waals surface area contributed by atoms with E-state index in [1.165, 1.54) is 11.1 Å². The van der Waals surface area contributed by atoms with Gasteiger partial charge in [-0.2, -0.15) is 0 Å². The summed E-state index contributed by atoms with van der Waals surface area (Å²) in [6, 6.07) is 29.9. The number of para-hydroxylation sites is 1. The molecule has 0 aromatic heterocycles. The normalized spacial score (nSPS) is 19.7. The largest absolute Gasteiger partial charge is 0.489 e. The summed E-state index contributed by atoms with van der Waals surface area (Å²) in [5.41, 5.74) is 6.79. The van der Waals surface area contributed by atoms with Crippen LogP contribution < -0.4 is 10.1 Å². The van der Waals surface area contributed by atoms with Crippen LogP contribution in [-0.4, -0.2) is 11.1 Å². The summed E-state index contributed by atoms with van der Waals surface area (Å²) < 4.78 is 5.98. The smallest absolute Gasteiger partial charge is 0.337 e. The van der Waals surface area contributed by atoms with Crippen molar-refractivity contribution in [3.63, 3.8) is 0 Å². The van der Waals surface area contributed by atoms with Crippen molar-refractivity contribution in [2.45, 2.75) is 25.0 Å². The molecule has 2 N–H and O–H groups in total. The first-order valence-electron chi connectivity index (χ1n) is 11.8. The van der Waals surface area contributed by atoms with Crippen LogP contribution in [0, 0.1) is 5.92 Å². The number of aromatic carboxylic acids is 1. The van der Waals surface area contributed by atoms with Gasteiger partial charge in [0.2, 0.25) is 0 Å². The molecule has 5 heteroatoms. The Bertz CT molecular complexity index is 1420. The number of carboxylic acids is 1. The molecule has 3 atom stereocenters. The molecule has 1 aliphatic carbocycles. The molecule has 0 saturated heterocycles. The Morgan fingerprint density at radius 3 is 2.46 bits per heavy atom. The highest BCUT2D eigenvalue weighted by Crippen LogP contribution is 2.54. The molecular weight excluding hydrogens is 458 g/mol. The highest BCUT2D eigenvalue weighted by atomic mass is 35.5. The number of benzene rings is 4. The van der Waals surface area contributed by atoms with Crippen molar-refractivity contribution in [3.05, 3.63) is 129 Å². The van der Waals surface area contributed by atoms with Gasteiger partial charge in [0, 0.05) is 16.5 Å². The fraction of sp³-hybridized carbons (Fsp3) is 0.167. The van der Waals surface area contributed by atoms with Gasteiger partial charge in [-0.25, -0.2) is 4.79 Å². The molecule has 0 amide bonds. The molecule has 0 bridgehead atoms. The van der Waals surface area contributed by atoms with E-state index in [0.717, 1.165) is 34.5 Å². The van der Waals surface area contributed by atoms with Crippen LogP contribution in [0.4, 0.5) is 5.69 Å². The van der Waals surface area contributed by atoms with Crippen LogP contribution in [0.2, 0.25) is 5.02 Å². The first kappa shape index (κ1) is 21.8. The van der Waals surface area contributed by atoms with E-state index in [4.69, 9.17) is 16.3 Å². The third kappa shape index (κ3) is 3.84. The summed E-state index contributed by atoms with van der Waals surface area (Å²) in [5.74, 6) is 0.297. The van der Waals surface area contributed by atoms with Gasteiger partial charge in [-0.3, -0.25) is 0 Å². The molecular formula is C30H24ClNO3. The second-order valence-corrected chi connectivity index (χ2v) is 9.60. The van der Waals surface area contributed by atoms with Crippen LogP contribution in [0.25, 0.3) is 0 Å². The third-order valence-electron chi connectivity index (χ3n) is 7.26. The quantitative estimate of drug-likeness (QED) is 0.319. The molecule has 4 aromatic carbocycles. The van der Waals surface area contributed by atoms with Gasteiger partial charge < -0.3 is 15.2 Å². The second-order valence-electron chi connectivity index (χ2n) is 9.19. The predicted octanol–water partition coefficient (Wildman–Crippen LogP) is 7.09. The molecule has 2 aliphatic rings. The average molecular weight is 482 g/mol. The number of fused-ring (bicyclic) bond motifs is 5. The first-order valence-corrected chi connectivity index (χ1v) is 12.1. The summed E-state index contributed by atoms with van der Waals surface area (Å²) >= 11 is 6.25. The van der Waals surface area contributed by atoms with E-state index in [9.17, 15) is 9.90 Å². The highest BCUT2D eigenvalue weighted by Gasteiger charge is 2.44. The summed E-state index contributed by atoms with van der Waals surface area (Å²) in [5, 5.41) is 14.2. The lowest BCUT2D eigenvalue weighted by Gasteiger charge is -2.38. The number of rotatable bonds is 5. The van der Waals surface area contributed by atoms with E-state index in [-0.39, 0.29) is 12.0 Å². The van der Waals surface area contributed by atoms with Crippen LogP contribution in [0.15, 0.2) is 91.0 Å². The molecule has 0 unspecified atom stereocenters. The lowest BCUT2D eigenvalue weighted by atomic mass is 9.75. The van der Waals surface area contributed by atoms with Gasteiger partial charge in [0.05, 0.1) is 17.3 Å². The molecule has 6 rings (SSSR count). The van der Waals surface area contributed by atoms with Crippen molar-refractivity contribution in [2.24, 2.45) is 5.92 Å². The monoisotopic (exact) mass is 481 g/mol. The van der Waals surface area contributed by atoms with Crippen molar-refractivity contribution in [1.82, 2.24) is 0 Å². The summed E-state index contributed by atoms with van der Waals surface area (Å²) in [6.45, 7) is 0.399. The predicted molar refractivity (Wildman–Crippen MR) is 137 cm³/mol. The molecule has 174 valence electrons. The number of halogens is 1. The molecule has 0 fully saturated rings. The first-order chi connectivity index (χ1) is 17.1. The van der Waals surface area contributed by atoms with Crippen molar-refractivity contribution >= 4 is 23.3 Å². The van der Waals surface area contributed by atoms with Crippen molar-refractivity contribution in [3.8, 4) is 5.75 Å².